The molecule has 1 amide bonds. The number of hydrogen-bond acceptors (Lipinski definition) is 8. The van der Waals surface area contributed by atoms with Crippen LogP contribution in [-0.4, -0.2) is 53.9 Å². The second-order valence-corrected chi connectivity index (χ2v) is 7.11. The normalized spacial score (nSPS) is 14.3. The van der Waals surface area contributed by atoms with Gasteiger partial charge in [0.2, 0.25) is 5.91 Å². The quantitative estimate of drug-likeness (QED) is 0.607. The SMILES string of the molecule is C1#COC1.CC(=O)N1CCN(c2c(F)cccc2-c2cc(CNc3ccon3)on2)CC1. The molecule has 2 aromatic heterocycles. The summed E-state index contributed by atoms with van der Waals surface area (Å²) in [5, 5.41) is 10.9. The fraction of sp³-hybridized carbons (Fsp3) is 0.318. The topological polar surface area (TPSA) is 96.9 Å². The smallest absolute Gasteiger partial charge is 0.219 e. The Hall–Kier alpha value is -4.00. The van der Waals surface area contributed by atoms with E-state index < -0.39 is 0 Å². The van der Waals surface area contributed by atoms with Crippen LogP contribution in [0, 0.1) is 17.8 Å². The third kappa shape index (κ3) is 5.00. The van der Waals surface area contributed by atoms with Crippen LogP contribution in [0.3, 0.4) is 0 Å². The summed E-state index contributed by atoms with van der Waals surface area (Å²) in [6.45, 7) is 4.82. The van der Waals surface area contributed by atoms with Crippen molar-refractivity contribution in [2.24, 2.45) is 0 Å². The highest BCUT2D eigenvalue weighted by Gasteiger charge is 2.24. The maximum Gasteiger partial charge on any atom is 0.219 e. The van der Waals surface area contributed by atoms with E-state index in [4.69, 9.17) is 9.05 Å². The summed E-state index contributed by atoms with van der Waals surface area (Å²) in [6, 6.07) is 8.38. The summed E-state index contributed by atoms with van der Waals surface area (Å²) in [6.07, 6.45) is 3.83. The first-order valence-corrected chi connectivity index (χ1v) is 10.1. The third-order valence-electron chi connectivity index (χ3n) is 5.03. The van der Waals surface area contributed by atoms with Gasteiger partial charge in [-0.15, -0.1) is 0 Å². The van der Waals surface area contributed by atoms with E-state index in [0.29, 0.717) is 67.9 Å². The second kappa shape index (κ2) is 9.87. The molecule has 0 bridgehead atoms. The zero-order chi connectivity index (χ0) is 22.3. The van der Waals surface area contributed by atoms with Gasteiger partial charge in [-0.3, -0.25) is 4.79 Å². The predicted octanol–water partition coefficient (Wildman–Crippen LogP) is 2.73. The van der Waals surface area contributed by atoms with Gasteiger partial charge in [0, 0.05) is 50.8 Å². The Morgan fingerprint density at radius 1 is 1.22 bits per heavy atom. The number of nitrogens with zero attached hydrogens (tertiary/aromatic N) is 4. The van der Waals surface area contributed by atoms with Crippen LogP contribution in [0.5, 0.6) is 0 Å². The highest BCUT2D eigenvalue weighted by molar-refractivity contribution is 5.78. The number of para-hydroxylation sites is 1. The molecular weight excluding hydrogens is 417 g/mol. The van der Waals surface area contributed by atoms with Crippen LogP contribution in [0.2, 0.25) is 0 Å². The van der Waals surface area contributed by atoms with Crippen LogP contribution in [0.4, 0.5) is 15.9 Å². The highest BCUT2D eigenvalue weighted by atomic mass is 19.1. The number of carbonyl (C=O) groups excluding carboxylic acids is 1. The zero-order valence-electron chi connectivity index (χ0n) is 17.5. The van der Waals surface area contributed by atoms with Crippen molar-refractivity contribution in [2.75, 3.05) is 43.0 Å². The number of amides is 1. The fourth-order valence-corrected chi connectivity index (χ4v) is 3.37. The maximum atomic E-state index is 14.7. The van der Waals surface area contributed by atoms with Gasteiger partial charge < -0.3 is 28.9 Å². The molecule has 2 aliphatic heterocycles. The number of anilines is 2. The number of hydrogen-bond donors (Lipinski definition) is 1. The summed E-state index contributed by atoms with van der Waals surface area (Å²) >= 11 is 0. The lowest BCUT2D eigenvalue weighted by atomic mass is 10.1. The van der Waals surface area contributed by atoms with Gasteiger partial charge in [-0.1, -0.05) is 22.4 Å². The molecule has 1 aromatic carbocycles. The van der Waals surface area contributed by atoms with E-state index in [-0.39, 0.29) is 11.7 Å². The van der Waals surface area contributed by atoms with Crippen molar-refractivity contribution in [3.8, 4) is 23.3 Å². The van der Waals surface area contributed by atoms with Gasteiger partial charge in [-0.2, -0.15) is 0 Å². The highest BCUT2D eigenvalue weighted by Crippen LogP contribution is 2.33. The number of ether oxygens (including phenoxy) is 1. The Balaban J connectivity index is 0.000000552. The van der Waals surface area contributed by atoms with Crippen LogP contribution in [-0.2, 0) is 16.1 Å². The maximum absolute atomic E-state index is 14.7. The number of nitrogens with one attached hydrogen (secondary N) is 1. The number of rotatable bonds is 5. The fourth-order valence-electron chi connectivity index (χ4n) is 3.37. The number of carbonyl (C=O) groups is 1. The summed E-state index contributed by atoms with van der Waals surface area (Å²) in [5.41, 5.74) is 1.70. The van der Waals surface area contributed by atoms with Crippen molar-refractivity contribution < 1.29 is 23.0 Å². The second-order valence-electron chi connectivity index (χ2n) is 7.11. The predicted molar refractivity (Wildman–Crippen MR) is 114 cm³/mol. The van der Waals surface area contributed by atoms with Gasteiger partial charge >= 0.3 is 0 Å². The van der Waals surface area contributed by atoms with Crippen molar-refractivity contribution in [3.63, 3.8) is 0 Å². The van der Waals surface area contributed by atoms with Gasteiger partial charge in [-0.25, -0.2) is 4.39 Å². The largest absolute Gasteiger partial charge is 0.433 e. The van der Waals surface area contributed by atoms with Gasteiger partial charge in [0.25, 0.3) is 0 Å². The van der Waals surface area contributed by atoms with Gasteiger partial charge in [0.15, 0.2) is 18.2 Å². The number of piperazine rings is 1. The monoisotopic (exact) mass is 439 g/mol. The third-order valence-corrected chi connectivity index (χ3v) is 5.03. The molecular formula is C22H22FN5O4. The molecule has 1 fully saturated rings. The van der Waals surface area contributed by atoms with E-state index in [0.717, 1.165) is 0 Å². The molecule has 32 heavy (non-hydrogen) atoms. The lowest BCUT2D eigenvalue weighted by Gasteiger charge is -2.36. The van der Waals surface area contributed by atoms with E-state index in [1.165, 1.54) is 12.3 Å². The Morgan fingerprint density at radius 2 is 1.97 bits per heavy atom. The van der Waals surface area contributed by atoms with Gasteiger partial charge in [-0.05, 0) is 12.0 Å². The zero-order valence-corrected chi connectivity index (χ0v) is 17.5. The molecule has 1 saturated heterocycles. The Labute approximate surface area is 184 Å². The molecule has 5 rings (SSSR count). The van der Waals surface area contributed by atoms with Crippen LogP contribution in [0.15, 0.2) is 45.6 Å². The van der Waals surface area contributed by atoms with Crippen molar-refractivity contribution in [2.45, 2.75) is 13.5 Å². The molecule has 0 saturated carbocycles. The number of halogens is 1. The summed E-state index contributed by atoms with van der Waals surface area (Å²) in [7, 11) is 0. The van der Waals surface area contributed by atoms with Gasteiger partial charge in [0.05, 0.1) is 12.2 Å². The summed E-state index contributed by atoms with van der Waals surface area (Å²) in [4.78, 5) is 15.3. The number of benzene rings is 1. The molecule has 0 aliphatic carbocycles. The minimum absolute atomic E-state index is 0.0363. The first kappa shape index (κ1) is 21.2. The molecule has 0 unspecified atom stereocenters. The Bertz CT molecular complexity index is 1100. The standard InChI is InChI=1S/C19H20FN5O3.C3H2O/c1-13(26)24-6-8-25(9-7-24)19-15(3-2-4-16(19)20)17-11-14(28-22-17)12-21-18-5-10-27-23-18;1-2-4-3-1/h2-5,10-11H,6-9,12H2,1H3,(H,21,23);2H2. The van der Waals surface area contributed by atoms with Crippen molar-refractivity contribution in [1.29, 1.82) is 0 Å². The molecule has 0 spiro atoms. The minimum atomic E-state index is -0.320. The Morgan fingerprint density at radius 3 is 2.59 bits per heavy atom. The van der Waals surface area contributed by atoms with Crippen molar-refractivity contribution in [1.82, 2.24) is 15.2 Å². The number of aromatic nitrogens is 2. The minimum Gasteiger partial charge on any atom is -0.433 e. The first-order valence-electron chi connectivity index (χ1n) is 10.1. The molecule has 0 radical (unpaired) electrons. The first-order chi connectivity index (χ1) is 15.6. The molecule has 1 N–H and O–H groups in total. The van der Waals surface area contributed by atoms with Crippen molar-refractivity contribution >= 4 is 17.4 Å². The molecule has 2 aliphatic rings. The molecule has 9 nitrogen and oxygen atoms in total. The van der Waals surface area contributed by atoms with E-state index in [2.05, 4.69) is 32.4 Å². The van der Waals surface area contributed by atoms with Crippen LogP contribution >= 0.6 is 0 Å². The Kier molecular flexibility index (Phi) is 6.55. The lowest BCUT2D eigenvalue weighted by Crippen LogP contribution is -2.48. The van der Waals surface area contributed by atoms with E-state index in [1.807, 2.05) is 11.0 Å². The summed E-state index contributed by atoms with van der Waals surface area (Å²) in [5.74, 6) is 3.54. The van der Waals surface area contributed by atoms with Crippen LogP contribution in [0.1, 0.15) is 12.7 Å². The van der Waals surface area contributed by atoms with Crippen LogP contribution in [0.25, 0.3) is 11.3 Å². The van der Waals surface area contributed by atoms with E-state index in [9.17, 15) is 9.18 Å². The average molecular weight is 439 g/mol. The van der Waals surface area contributed by atoms with Gasteiger partial charge in [0.1, 0.15) is 23.9 Å². The molecule has 166 valence electrons. The van der Waals surface area contributed by atoms with Crippen molar-refractivity contribution in [3.05, 3.63) is 48.2 Å². The molecule has 4 heterocycles. The lowest BCUT2D eigenvalue weighted by molar-refractivity contribution is -0.129. The molecule has 10 heteroatoms. The molecule has 3 aromatic rings. The average Bonchev–Trinajstić information content (AvgIpc) is 3.43. The van der Waals surface area contributed by atoms with E-state index >= 15 is 0 Å². The van der Waals surface area contributed by atoms with Crippen LogP contribution < -0.4 is 10.2 Å². The summed E-state index contributed by atoms with van der Waals surface area (Å²) < 4.78 is 29.2. The van der Waals surface area contributed by atoms with E-state index in [1.54, 1.807) is 30.0 Å². The molecule has 0 atom stereocenters.